The van der Waals surface area contributed by atoms with Crippen molar-refractivity contribution in [2.45, 2.75) is 65.8 Å². The summed E-state index contributed by atoms with van der Waals surface area (Å²) in [6, 6.07) is 0. The van der Waals surface area contributed by atoms with Gasteiger partial charge in [-0.25, -0.2) is 0 Å². The highest BCUT2D eigenvalue weighted by atomic mass is 15.1. The first kappa shape index (κ1) is 16.0. The Morgan fingerprint density at radius 3 is 2.50 bits per heavy atom. The van der Waals surface area contributed by atoms with E-state index in [4.69, 9.17) is 0 Å². The lowest BCUT2D eigenvalue weighted by Crippen LogP contribution is -2.50. The highest BCUT2D eigenvalue weighted by molar-refractivity contribution is 4.91. The predicted octanol–water partition coefficient (Wildman–Crippen LogP) is 3.52. The fraction of sp³-hybridized carbons (Fsp3) is 1.00. The molecule has 0 saturated heterocycles. The monoisotopic (exact) mass is 254 g/mol. The SMILES string of the molecule is CCN(C)CC1(CNC(C)(C)C)CCCC(C)C1. The van der Waals surface area contributed by atoms with Crippen LogP contribution in [0.25, 0.3) is 0 Å². The molecular weight excluding hydrogens is 220 g/mol. The molecular formula is C16H34N2. The van der Waals surface area contributed by atoms with Crippen LogP contribution < -0.4 is 5.32 Å². The normalized spacial score (nSPS) is 29.8. The molecule has 0 aromatic rings. The number of hydrogen-bond donors (Lipinski definition) is 1. The number of rotatable bonds is 5. The first-order chi connectivity index (χ1) is 8.26. The summed E-state index contributed by atoms with van der Waals surface area (Å²) in [5.41, 5.74) is 0.730. The van der Waals surface area contributed by atoms with E-state index in [1.165, 1.54) is 38.8 Å². The Bertz CT molecular complexity index is 244. The average Bonchev–Trinajstić information content (AvgIpc) is 2.25. The summed E-state index contributed by atoms with van der Waals surface area (Å²) in [6.07, 6.45) is 5.61. The maximum Gasteiger partial charge on any atom is 0.00967 e. The topological polar surface area (TPSA) is 15.3 Å². The second-order valence-corrected chi connectivity index (χ2v) is 7.64. The van der Waals surface area contributed by atoms with Gasteiger partial charge < -0.3 is 10.2 Å². The summed E-state index contributed by atoms with van der Waals surface area (Å²) >= 11 is 0. The van der Waals surface area contributed by atoms with Crippen LogP contribution in [0.4, 0.5) is 0 Å². The van der Waals surface area contributed by atoms with Crippen LogP contribution in [-0.4, -0.2) is 37.1 Å². The molecule has 0 heterocycles. The minimum atomic E-state index is 0.235. The third-order valence-corrected chi connectivity index (χ3v) is 4.32. The summed E-state index contributed by atoms with van der Waals surface area (Å²) in [5, 5.41) is 3.76. The minimum Gasteiger partial charge on any atom is -0.311 e. The van der Waals surface area contributed by atoms with Gasteiger partial charge in [-0.2, -0.15) is 0 Å². The van der Waals surface area contributed by atoms with E-state index in [9.17, 15) is 0 Å². The number of hydrogen-bond acceptors (Lipinski definition) is 2. The molecule has 0 bridgehead atoms. The zero-order chi connectivity index (χ0) is 13.8. The highest BCUT2D eigenvalue weighted by Gasteiger charge is 2.36. The third kappa shape index (κ3) is 5.27. The largest absolute Gasteiger partial charge is 0.311 e. The summed E-state index contributed by atoms with van der Waals surface area (Å²) in [4.78, 5) is 2.49. The van der Waals surface area contributed by atoms with Gasteiger partial charge in [-0.3, -0.25) is 0 Å². The van der Waals surface area contributed by atoms with E-state index in [1.807, 2.05) is 0 Å². The second-order valence-electron chi connectivity index (χ2n) is 7.64. The van der Waals surface area contributed by atoms with Crippen molar-refractivity contribution in [3.63, 3.8) is 0 Å². The van der Waals surface area contributed by atoms with Crippen molar-refractivity contribution in [2.75, 3.05) is 26.7 Å². The quantitative estimate of drug-likeness (QED) is 0.807. The van der Waals surface area contributed by atoms with Crippen molar-refractivity contribution in [2.24, 2.45) is 11.3 Å². The van der Waals surface area contributed by atoms with E-state index in [0.29, 0.717) is 5.41 Å². The Labute approximate surface area is 115 Å². The van der Waals surface area contributed by atoms with Gasteiger partial charge in [-0.1, -0.05) is 26.7 Å². The Hall–Kier alpha value is -0.0800. The summed E-state index contributed by atoms with van der Waals surface area (Å²) in [6.45, 7) is 15.1. The molecule has 0 radical (unpaired) electrons. The fourth-order valence-corrected chi connectivity index (χ4v) is 3.27. The molecule has 108 valence electrons. The average molecular weight is 254 g/mol. The molecule has 2 nitrogen and oxygen atoms in total. The van der Waals surface area contributed by atoms with Crippen LogP contribution in [0.2, 0.25) is 0 Å². The molecule has 1 saturated carbocycles. The Morgan fingerprint density at radius 1 is 1.33 bits per heavy atom. The van der Waals surface area contributed by atoms with Crippen LogP contribution in [0.15, 0.2) is 0 Å². The van der Waals surface area contributed by atoms with Crippen molar-refractivity contribution in [3.05, 3.63) is 0 Å². The van der Waals surface area contributed by atoms with Crippen molar-refractivity contribution >= 4 is 0 Å². The van der Waals surface area contributed by atoms with Crippen LogP contribution in [0.5, 0.6) is 0 Å². The molecule has 1 fully saturated rings. The Balaban J connectivity index is 2.67. The molecule has 0 aromatic heterocycles. The smallest absolute Gasteiger partial charge is 0.00967 e. The first-order valence-corrected chi connectivity index (χ1v) is 7.70. The molecule has 1 aliphatic rings. The van der Waals surface area contributed by atoms with Gasteiger partial charge in [0.05, 0.1) is 0 Å². The maximum atomic E-state index is 3.76. The first-order valence-electron chi connectivity index (χ1n) is 7.70. The second kappa shape index (κ2) is 6.38. The molecule has 2 unspecified atom stereocenters. The molecule has 0 spiro atoms. The minimum absolute atomic E-state index is 0.235. The van der Waals surface area contributed by atoms with E-state index in [0.717, 1.165) is 12.5 Å². The van der Waals surface area contributed by atoms with Gasteiger partial charge in [-0.05, 0) is 58.5 Å². The predicted molar refractivity (Wildman–Crippen MR) is 81.0 cm³/mol. The van der Waals surface area contributed by atoms with E-state index in [-0.39, 0.29) is 5.54 Å². The zero-order valence-corrected chi connectivity index (χ0v) is 13.5. The van der Waals surface area contributed by atoms with Crippen LogP contribution >= 0.6 is 0 Å². The maximum absolute atomic E-state index is 3.76. The molecule has 1 N–H and O–H groups in total. The van der Waals surface area contributed by atoms with Crippen LogP contribution in [0.1, 0.15) is 60.3 Å². The lowest BCUT2D eigenvalue weighted by Gasteiger charge is -2.44. The Kier molecular flexibility index (Phi) is 5.67. The van der Waals surface area contributed by atoms with Crippen molar-refractivity contribution in [1.82, 2.24) is 10.2 Å². The van der Waals surface area contributed by atoms with Crippen molar-refractivity contribution < 1.29 is 0 Å². The molecule has 2 atom stereocenters. The molecule has 0 amide bonds. The third-order valence-electron chi connectivity index (χ3n) is 4.32. The van der Waals surface area contributed by atoms with Gasteiger partial charge in [0.15, 0.2) is 0 Å². The van der Waals surface area contributed by atoms with Gasteiger partial charge in [0.2, 0.25) is 0 Å². The van der Waals surface area contributed by atoms with Gasteiger partial charge >= 0.3 is 0 Å². The van der Waals surface area contributed by atoms with E-state index in [1.54, 1.807) is 0 Å². The fourth-order valence-electron chi connectivity index (χ4n) is 3.27. The number of nitrogens with one attached hydrogen (secondary N) is 1. The van der Waals surface area contributed by atoms with E-state index < -0.39 is 0 Å². The number of nitrogens with zero attached hydrogens (tertiary/aromatic N) is 1. The summed E-state index contributed by atoms with van der Waals surface area (Å²) in [5.74, 6) is 0.894. The molecule has 0 aliphatic heterocycles. The van der Waals surface area contributed by atoms with Crippen molar-refractivity contribution in [1.29, 1.82) is 0 Å². The lowest BCUT2D eigenvalue weighted by molar-refractivity contribution is 0.0868. The van der Waals surface area contributed by atoms with Gasteiger partial charge in [-0.15, -0.1) is 0 Å². The highest BCUT2D eigenvalue weighted by Crippen LogP contribution is 2.39. The van der Waals surface area contributed by atoms with E-state index in [2.05, 4.69) is 51.9 Å². The Morgan fingerprint density at radius 2 is 2.00 bits per heavy atom. The van der Waals surface area contributed by atoms with Gasteiger partial charge in [0, 0.05) is 18.6 Å². The van der Waals surface area contributed by atoms with Crippen LogP contribution in [0.3, 0.4) is 0 Å². The molecule has 1 aliphatic carbocycles. The van der Waals surface area contributed by atoms with Crippen LogP contribution in [0, 0.1) is 11.3 Å². The van der Waals surface area contributed by atoms with E-state index >= 15 is 0 Å². The molecule has 1 rings (SSSR count). The van der Waals surface area contributed by atoms with Gasteiger partial charge in [0.25, 0.3) is 0 Å². The summed E-state index contributed by atoms with van der Waals surface area (Å²) in [7, 11) is 2.26. The molecule has 18 heavy (non-hydrogen) atoms. The molecule has 2 heteroatoms. The van der Waals surface area contributed by atoms with Crippen LogP contribution in [-0.2, 0) is 0 Å². The lowest BCUT2D eigenvalue weighted by atomic mass is 9.69. The van der Waals surface area contributed by atoms with Gasteiger partial charge in [0.1, 0.15) is 0 Å². The standard InChI is InChI=1S/C16H34N2/c1-7-18(6)13-16(12-17-15(3,4)5)10-8-9-14(2)11-16/h14,17H,7-13H2,1-6H3. The zero-order valence-electron chi connectivity index (χ0n) is 13.5. The summed E-state index contributed by atoms with van der Waals surface area (Å²) < 4.78 is 0. The van der Waals surface area contributed by atoms with Crippen molar-refractivity contribution in [3.8, 4) is 0 Å². The molecule has 0 aromatic carbocycles.